The second-order valence-electron chi connectivity index (χ2n) is 7.45. The fourth-order valence-electron chi connectivity index (χ4n) is 3.24. The Balaban J connectivity index is 1.63. The molecule has 0 radical (unpaired) electrons. The summed E-state index contributed by atoms with van der Waals surface area (Å²) in [5, 5.41) is 9.42. The highest BCUT2D eigenvalue weighted by Gasteiger charge is 2.16. The summed E-state index contributed by atoms with van der Waals surface area (Å²) < 4.78 is 11.3. The molecule has 0 amide bonds. The molecule has 0 saturated heterocycles. The Labute approximate surface area is 199 Å². The van der Waals surface area contributed by atoms with E-state index in [0.29, 0.717) is 41.2 Å². The van der Waals surface area contributed by atoms with Crippen LogP contribution in [0.15, 0.2) is 110 Å². The number of ketones is 2. The Morgan fingerprint density at radius 2 is 1.41 bits per heavy atom. The molecule has 0 aliphatic rings. The molecule has 0 fully saturated rings. The Kier molecular flexibility index (Phi) is 8.58. The predicted octanol–water partition coefficient (Wildman–Crippen LogP) is 5.76. The Hall–Kier alpha value is -4.38. The molecule has 0 atom stereocenters. The Bertz CT molecular complexity index is 1210. The first-order chi connectivity index (χ1) is 16.5. The number of hydrogen-bond donors (Lipinski definition) is 1. The van der Waals surface area contributed by atoms with Gasteiger partial charge in [-0.2, -0.15) is 0 Å². The number of aromatic hydroxyl groups is 1. The van der Waals surface area contributed by atoms with Crippen LogP contribution < -0.4 is 9.47 Å². The van der Waals surface area contributed by atoms with E-state index in [1.54, 1.807) is 84.9 Å². The van der Waals surface area contributed by atoms with Crippen LogP contribution in [0.4, 0.5) is 0 Å². The van der Waals surface area contributed by atoms with Gasteiger partial charge >= 0.3 is 0 Å². The van der Waals surface area contributed by atoms with Crippen LogP contribution in [0, 0.1) is 0 Å². The number of rotatable bonds is 12. The molecule has 0 bridgehead atoms. The highest BCUT2D eigenvalue weighted by Crippen LogP contribution is 2.23. The van der Waals surface area contributed by atoms with Gasteiger partial charge in [0.1, 0.15) is 30.5 Å². The SMILES string of the molecule is C=CCOc1ccccc1C(=O)C=CCOc1ccccc1C(=O)C(=C)Cc1ccc(O)cc1. The molecule has 0 aromatic heterocycles. The summed E-state index contributed by atoms with van der Waals surface area (Å²) in [6.07, 6.45) is 4.99. The average Bonchev–Trinajstić information content (AvgIpc) is 2.86. The van der Waals surface area contributed by atoms with Gasteiger partial charge < -0.3 is 14.6 Å². The molecule has 0 spiro atoms. The summed E-state index contributed by atoms with van der Waals surface area (Å²) in [4.78, 5) is 25.5. The first kappa shape index (κ1) is 24.3. The molecule has 5 heteroatoms. The molecule has 0 unspecified atom stereocenters. The number of ether oxygens (including phenoxy) is 2. The number of allylic oxidation sites excluding steroid dienone is 2. The number of Topliss-reactive ketones (excluding diaryl/α,β-unsaturated/α-hetero) is 1. The van der Waals surface area contributed by atoms with Crippen LogP contribution in [-0.2, 0) is 6.42 Å². The van der Waals surface area contributed by atoms with Gasteiger partial charge in [-0.05, 0) is 59.7 Å². The van der Waals surface area contributed by atoms with Gasteiger partial charge in [0.25, 0.3) is 0 Å². The molecular formula is C29H26O5. The molecule has 5 nitrogen and oxygen atoms in total. The van der Waals surface area contributed by atoms with E-state index < -0.39 is 0 Å². The minimum absolute atomic E-state index is 0.107. The van der Waals surface area contributed by atoms with E-state index in [1.807, 2.05) is 0 Å². The lowest BCUT2D eigenvalue weighted by Gasteiger charge is -2.11. The smallest absolute Gasteiger partial charge is 0.192 e. The van der Waals surface area contributed by atoms with E-state index in [1.165, 1.54) is 6.08 Å². The minimum Gasteiger partial charge on any atom is -0.508 e. The number of carbonyl (C=O) groups is 2. The zero-order valence-corrected chi connectivity index (χ0v) is 18.8. The largest absolute Gasteiger partial charge is 0.508 e. The average molecular weight is 455 g/mol. The fourth-order valence-corrected chi connectivity index (χ4v) is 3.24. The van der Waals surface area contributed by atoms with Gasteiger partial charge in [-0.1, -0.05) is 55.6 Å². The zero-order valence-electron chi connectivity index (χ0n) is 18.8. The van der Waals surface area contributed by atoms with Crippen molar-refractivity contribution in [2.75, 3.05) is 13.2 Å². The number of carbonyl (C=O) groups excluding carboxylic acids is 2. The van der Waals surface area contributed by atoms with Crippen LogP contribution in [0.5, 0.6) is 17.2 Å². The molecule has 3 aromatic rings. The third-order valence-electron chi connectivity index (χ3n) is 4.92. The van der Waals surface area contributed by atoms with Gasteiger partial charge in [0.2, 0.25) is 0 Å². The standard InChI is InChI=1S/C29H26O5/c1-3-18-33-27-12-6-4-9-24(27)26(31)11-8-19-34-28-13-7-5-10-25(28)29(32)21(2)20-22-14-16-23(30)17-15-22/h3-17,30H,1-2,18-20H2. The van der Waals surface area contributed by atoms with E-state index in [9.17, 15) is 14.7 Å². The molecule has 3 rings (SSSR count). The van der Waals surface area contributed by atoms with Gasteiger partial charge in [-0.25, -0.2) is 0 Å². The normalized spacial score (nSPS) is 10.6. The number of para-hydroxylation sites is 2. The van der Waals surface area contributed by atoms with Crippen molar-refractivity contribution in [1.82, 2.24) is 0 Å². The first-order valence-electron chi connectivity index (χ1n) is 10.8. The van der Waals surface area contributed by atoms with E-state index >= 15 is 0 Å². The highest BCUT2D eigenvalue weighted by molar-refractivity contribution is 6.10. The third kappa shape index (κ3) is 6.56. The van der Waals surface area contributed by atoms with Crippen LogP contribution in [0.3, 0.4) is 0 Å². The van der Waals surface area contributed by atoms with Crippen molar-refractivity contribution >= 4 is 11.6 Å². The summed E-state index contributed by atoms with van der Waals surface area (Å²) >= 11 is 0. The van der Waals surface area contributed by atoms with Crippen LogP contribution in [-0.4, -0.2) is 29.9 Å². The number of benzene rings is 3. The predicted molar refractivity (Wildman–Crippen MR) is 133 cm³/mol. The summed E-state index contributed by atoms with van der Waals surface area (Å²) in [5.74, 6) is 0.623. The lowest BCUT2D eigenvalue weighted by molar-refractivity contribution is 0.102. The zero-order chi connectivity index (χ0) is 24.3. The topological polar surface area (TPSA) is 72.8 Å². The van der Waals surface area contributed by atoms with Gasteiger partial charge in [0, 0.05) is 6.42 Å². The van der Waals surface area contributed by atoms with E-state index in [2.05, 4.69) is 13.2 Å². The van der Waals surface area contributed by atoms with Crippen molar-refractivity contribution in [1.29, 1.82) is 0 Å². The maximum atomic E-state index is 13.0. The van der Waals surface area contributed by atoms with Gasteiger partial charge in [-0.3, -0.25) is 9.59 Å². The number of phenolic OH excluding ortho intramolecular Hbond substituents is 1. The summed E-state index contributed by atoms with van der Waals surface area (Å²) in [5.41, 5.74) is 2.12. The minimum atomic E-state index is -0.225. The van der Waals surface area contributed by atoms with Crippen LogP contribution >= 0.6 is 0 Å². The van der Waals surface area contributed by atoms with Gasteiger partial charge in [0.05, 0.1) is 11.1 Å². The van der Waals surface area contributed by atoms with Crippen LogP contribution in [0.1, 0.15) is 26.3 Å². The Morgan fingerprint density at radius 1 is 0.824 bits per heavy atom. The van der Waals surface area contributed by atoms with Gasteiger partial charge in [-0.15, -0.1) is 0 Å². The number of phenols is 1. The first-order valence-corrected chi connectivity index (χ1v) is 10.8. The van der Waals surface area contributed by atoms with Crippen molar-refractivity contribution < 1.29 is 24.2 Å². The van der Waals surface area contributed by atoms with E-state index in [4.69, 9.17) is 9.47 Å². The molecule has 172 valence electrons. The van der Waals surface area contributed by atoms with Crippen molar-refractivity contribution in [3.8, 4) is 17.2 Å². The van der Waals surface area contributed by atoms with Crippen molar-refractivity contribution in [2.45, 2.75) is 6.42 Å². The molecule has 34 heavy (non-hydrogen) atoms. The maximum Gasteiger partial charge on any atom is 0.192 e. The highest BCUT2D eigenvalue weighted by atomic mass is 16.5. The molecule has 0 heterocycles. The molecule has 1 N–H and O–H groups in total. The monoisotopic (exact) mass is 454 g/mol. The van der Waals surface area contributed by atoms with Crippen molar-refractivity contribution in [2.24, 2.45) is 0 Å². The lowest BCUT2D eigenvalue weighted by Crippen LogP contribution is -2.08. The van der Waals surface area contributed by atoms with E-state index in [0.717, 1.165) is 5.56 Å². The van der Waals surface area contributed by atoms with Crippen molar-refractivity contribution in [3.05, 3.63) is 126 Å². The van der Waals surface area contributed by atoms with Gasteiger partial charge in [0.15, 0.2) is 11.6 Å². The van der Waals surface area contributed by atoms with Crippen LogP contribution in [0.25, 0.3) is 0 Å². The summed E-state index contributed by atoms with van der Waals surface area (Å²) in [6.45, 7) is 7.96. The summed E-state index contributed by atoms with van der Waals surface area (Å²) in [7, 11) is 0. The second-order valence-corrected chi connectivity index (χ2v) is 7.45. The molecule has 0 saturated carbocycles. The summed E-state index contributed by atoms with van der Waals surface area (Å²) in [6, 6.07) is 20.5. The third-order valence-corrected chi connectivity index (χ3v) is 4.92. The molecular weight excluding hydrogens is 428 g/mol. The molecule has 0 aliphatic carbocycles. The quantitative estimate of drug-likeness (QED) is 0.214. The number of hydrogen-bond acceptors (Lipinski definition) is 5. The van der Waals surface area contributed by atoms with Crippen molar-refractivity contribution in [3.63, 3.8) is 0 Å². The second kappa shape index (κ2) is 12.0. The maximum absolute atomic E-state index is 13.0. The lowest BCUT2D eigenvalue weighted by atomic mass is 9.98. The van der Waals surface area contributed by atoms with Crippen LogP contribution in [0.2, 0.25) is 0 Å². The van der Waals surface area contributed by atoms with E-state index in [-0.39, 0.29) is 23.9 Å². The molecule has 3 aromatic carbocycles. The Morgan fingerprint density at radius 3 is 2.09 bits per heavy atom. The molecule has 0 aliphatic heterocycles. The fraction of sp³-hybridized carbons (Fsp3) is 0.103.